The number of para-hydroxylation sites is 1. The fourth-order valence-corrected chi connectivity index (χ4v) is 4.88. The first-order valence-electron chi connectivity index (χ1n) is 8.51. The Labute approximate surface area is 151 Å². The van der Waals surface area contributed by atoms with Crippen molar-refractivity contribution in [2.45, 2.75) is 29.9 Å². The van der Waals surface area contributed by atoms with Gasteiger partial charge >= 0.3 is 0 Å². The Morgan fingerprint density at radius 3 is 2.77 bits per heavy atom. The lowest BCUT2D eigenvalue weighted by atomic mass is 9.76. The second-order valence-electron chi connectivity index (χ2n) is 6.71. The molecule has 2 aromatic rings. The number of nitrogens with one attached hydrogen (secondary N) is 1. The smallest absolute Gasteiger partial charge is 0.244 e. The maximum atomic E-state index is 13.1. The quantitative estimate of drug-likeness (QED) is 0.803. The molecule has 1 aromatic heterocycles. The van der Waals surface area contributed by atoms with E-state index in [9.17, 15) is 13.5 Å². The van der Waals surface area contributed by atoms with Crippen molar-refractivity contribution in [3.05, 3.63) is 36.2 Å². The van der Waals surface area contributed by atoms with Crippen LogP contribution in [0.2, 0.25) is 0 Å². The van der Waals surface area contributed by atoms with Crippen LogP contribution in [0.4, 0.5) is 0 Å². The number of nitrogens with zero attached hydrogens (tertiary/aromatic N) is 2. The Balaban J connectivity index is 1.66. The van der Waals surface area contributed by atoms with E-state index in [-0.39, 0.29) is 22.7 Å². The third-order valence-electron chi connectivity index (χ3n) is 4.81. The van der Waals surface area contributed by atoms with Crippen molar-refractivity contribution in [2.24, 2.45) is 13.0 Å². The number of benzene rings is 1. The molecule has 0 spiro atoms. The van der Waals surface area contributed by atoms with Gasteiger partial charge in [-0.3, -0.25) is 4.68 Å². The van der Waals surface area contributed by atoms with Gasteiger partial charge in [-0.05, 0) is 30.9 Å². The fraction of sp³-hybridized carbons (Fsp3) is 0.471. The zero-order valence-electron chi connectivity index (χ0n) is 14.3. The lowest BCUT2D eigenvalue weighted by molar-refractivity contribution is 0.0280. The van der Waals surface area contributed by atoms with Crippen LogP contribution in [0.25, 0.3) is 0 Å². The summed E-state index contributed by atoms with van der Waals surface area (Å²) in [6.45, 7) is 0.697. The minimum atomic E-state index is -3.85. The molecule has 1 fully saturated rings. The zero-order chi connectivity index (χ0) is 18.3. The minimum absolute atomic E-state index is 0.0145. The van der Waals surface area contributed by atoms with Gasteiger partial charge in [0.2, 0.25) is 10.0 Å². The van der Waals surface area contributed by atoms with Gasteiger partial charge in [0.15, 0.2) is 11.5 Å². The molecule has 140 valence electrons. The normalized spacial score (nSPS) is 23.3. The lowest BCUT2D eigenvalue weighted by Crippen LogP contribution is -2.41. The number of aliphatic hydroxyl groups is 1. The average molecular weight is 379 g/mol. The van der Waals surface area contributed by atoms with Crippen molar-refractivity contribution in [1.29, 1.82) is 0 Å². The van der Waals surface area contributed by atoms with Gasteiger partial charge in [0, 0.05) is 18.8 Å². The van der Waals surface area contributed by atoms with E-state index in [0.717, 1.165) is 5.56 Å². The molecular formula is C17H21N3O5S. The van der Waals surface area contributed by atoms with Gasteiger partial charge in [-0.15, -0.1) is 0 Å². The molecule has 1 saturated carbocycles. The first-order valence-corrected chi connectivity index (χ1v) is 10.00. The first kappa shape index (κ1) is 17.3. The zero-order valence-corrected chi connectivity index (χ0v) is 15.1. The van der Waals surface area contributed by atoms with E-state index in [4.69, 9.17) is 9.47 Å². The Morgan fingerprint density at radius 1 is 1.31 bits per heavy atom. The van der Waals surface area contributed by atoms with Crippen LogP contribution in [-0.2, 0) is 17.1 Å². The lowest BCUT2D eigenvalue weighted by Gasteiger charge is -2.37. The maximum Gasteiger partial charge on any atom is 0.244 e. The molecule has 2 heterocycles. The summed E-state index contributed by atoms with van der Waals surface area (Å²) >= 11 is 0. The Hall–Kier alpha value is -2.10. The Bertz CT molecular complexity index is 905. The molecule has 1 aromatic carbocycles. The summed E-state index contributed by atoms with van der Waals surface area (Å²) in [5.41, 5.74) is 0.773. The van der Waals surface area contributed by atoms with E-state index >= 15 is 0 Å². The number of hydrogen-bond acceptors (Lipinski definition) is 6. The number of aryl methyl sites for hydroxylation is 1. The molecular weight excluding hydrogens is 358 g/mol. The predicted octanol–water partition coefficient (Wildman–Crippen LogP) is 0.982. The summed E-state index contributed by atoms with van der Waals surface area (Å²) in [6.07, 6.45) is 4.16. The van der Waals surface area contributed by atoms with Gasteiger partial charge in [-0.2, -0.15) is 5.10 Å². The van der Waals surface area contributed by atoms with Crippen LogP contribution in [-0.4, -0.2) is 42.6 Å². The fourth-order valence-electron chi connectivity index (χ4n) is 3.43. The van der Waals surface area contributed by atoms with E-state index < -0.39 is 16.1 Å². The molecule has 26 heavy (non-hydrogen) atoms. The van der Waals surface area contributed by atoms with Crippen molar-refractivity contribution in [3.63, 3.8) is 0 Å². The molecule has 4 rings (SSSR count). The van der Waals surface area contributed by atoms with Crippen LogP contribution in [0.5, 0.6) is 11.5 Å². The van der Waals surface area contributed by atoms with Gasteiger partial charge in [0.1, 0.15) is 18.1 Å². The second-order valence-corrected chi connectivity index (χ2v) is 8.39. The van der Waals surface area contributed by atoms with Gasteiger partial charge in [0.05, 0.1) is 18.3 Å². The summed E-state index contributed by atoms with van der Waals surface area (Å²) < 4.78 is 41.6. The number of aromatic nitrogens is 2. The Kier molecular flexibility index (Phi) is 4.37. The van der Waals surface area contributed by atoms with Gasteiger partial charge < -0.3 is 14.6 Å². The highest BCUT2D eigenvalue weighted by Crippen LogP contribution is 2.41. The van der Waals surface area contributed by atoms with Gasteiger partial charge in [-0.1, -0.05) is 6.07 Å². The second kappa shape index (κ2) is 6.57. The van der Waals surface area contributed by atoms with E-state index in [1.807, 2.05) is 0 Å². The molecule has 2 N–H and O–H groups in total. The number of sulfonamides is 1. The molecule has 8 nitrogen and oxygen atoms in total. The Morgan fingerprint density at radius 2 is 2.08 bits per heavy atom. The largest absolute Gasteiger partial charge is 0.486 e. The number of ether oxygens (including phenoxy) is 2. The third-order valence-corrected chi connectivity index (χ3v) is 6.27. The topological polar surface area (TPSA) is 103 Å². The van der Waals surface area contributed by atoms with E-state index in [1.165, 1.54) is 6.07 Å². The molecule has 0 radical (unpaired) electrons. The molecule has 1 atom stereocenters. The summed E-state index contributed by atoms with van der Waals surface area (Å²) in [4.78, 5) is 0.0588. The van der Waals surface area contributed by atoms with Crippen LogP contribution >= 0.6 is 0 Å². The van der Waals surface area contributed by atoms with Crippen LogP contribution in [0.15, 0.2) is 35.5 Å². The first-order chi connectivity index (χ1) is 12.4. The molecule has 1 aliphatic carbocycles. The van der Waals surface area contributed by atoms with Crippen LogP contribution in [0.3, 0.4) is 0 Å². The molecule has 1 aliphatic heterocycles. The summed E-state index contributed by atoms with van der Waals surface area (Å²) in [5, 5.41) is 13.8. The SMILES string of the molecule is Cn1cc(C(NS(=O)(=O)c2cccc3c2OCCO3)C2CC(O)C2)cn1. The summed E-state index contributed by atoms with van der Waals surface area (Å²) in [6, 6.07) is 4.37. The molecule has 0 amide bonds. The molecule has 9 heteroatoms. The molecule has 0 bridgehead atoms. The number of hydrogen-bond donors (Lipinski definition) is 2. The minimum Gasteiger partial charge on any atom is -0.486 e. The van der Waals surface area contributed by atoms with Crippen molar-refractivity contribution in [3.8, 4) is 11.5 Å². The molecule has 2 aliphatic rings. The predicted molar refractivity (Wildman–Crippen MR) is 92.4 cm³/mol. The van der Waals surface area contributed by atoms with E-state index in [0.29, 0.717) is 31.8 Å². The average Bonchev–Trinajstić information content (AvgIpc) is 3.03. The highest BCUT2D eigenvalue weighted by Gasteiger charge is 2.38. The third kappa shape index (κ3) is 3.17. The van der Waals surface area contributed by atoms with E-state index in [1.54, 1.807) is 36.3 Å². The standard InChI is InChI=1S/C17H21N3O5S/c1-20-10-12(9-18-20)16(11-7-13(21)8-11)19-26(22,23)15-4-2-3-14-17(15)25-6-5-24-14/h2-4,9-11,13,16,19,21H,5-8H2,1H3. The summed E-state index contributed by atoms with van der Waals surface area (Å²) in [7, 11) is -2.07. The van der Waals surface area contributed by atoms with Gasteiger partial charge in [-0.25, -0.2) is 13.1 Å². The highest BCUT2D eigenvalue weighted by atomic mass is 32.2. The maximum absolute atomic E-state index is 13.1. The molecule has 0 saturated heterocycles. The van der Waals surface area contributed by atoms with E-state index in [2.05, 4.69) is 9.82 Å². The van der Waals surface area contributed by atoms with Crippen LogP contribution < -0.4 is 14.2 Å². The van der Waals surface area contributed by atoms with Gasteiger partial charge in [0.25, 0.3) is 0 Å². The number of rotatable bonds is 5. The number of aliphatic hydroxyl groups excluding tert-OH is 1. The van der Waals surface area contributed by atoms with Crippen LogP contribution in [0.1, 0.15) is 24.4 Å². The highest BCUT2D eigenvalue weighted by molar-refractivity contribution is 7.89. The monoisotopic (exact) mass is 379 g/mol. The number of fused-ring (bicyclic) bond motifs is 1. The van der Waals surface area contributed by atoms with Crippen molar-refractivity contribution in [1.82, 2.24) is 14.5 Å². The van der Waals surface area contributed by atoms with Crippen molar-refractivity contribution in [2.75, 3.05) is 13.2 Å². The summed E-state index contributed by atoms with van der Waals surface area (Å²) in [5.74, 6) is 0.682. The van der Waals surface area contributed by atoms with Crippen LogP contribution in [0, 0.1) is 5.92 Å². The van der Waals surface area contributed by atoms with Crippen molar-refractivity contribution < 1.29 is 23.0 Å². The molecule has 1 unspecified atom stereocenters. The van der Waals surface area contributed by atoms with Crippen molar-refractivity contribution >= 4 is 10.0 Å².